The molecule has 0 aromatic heterocycles. The van der Waals surface area contributed by atoms with Gasteiger partial charge in [0.1, 0.15) is 25.8 Å². The fourth-order valence-corrected chi connectivity index (χ4v) is 7.89. The first-order valence-electron chi connectivity index (χ1n) is 24.6. The Labute approximate surface area is 481 Å². The van der Waals surface area contributed by atoms with Crippen LogP contribution in [-0.4, -0.2) is 142 Å². The molecule has 3 amide bonds. The fourth-order valence-electron chi connectivity index (χ4n) is 7.89. The van der Waals surface area contributed by atoms with Crippen LogP contribution < -0.4 is 16.0 Å². The molecule has 2 aliphatic rings. The molecular weight excluding hydrogens is 1130 g/mol. The zero-order chi connectivity index (χ0) is 63.5. The molecule has 0 bridgehead atoms. The van der Waals surface area contributed by atoms with Crippen LogP contribution in [-0.2, 0) is 33.3 Å². The Balaban J connectivity index is 0.000000301. The van der Waals surface area contributed by atoms with Crippen LogP contribution in [0.3, 0.4) is 0 Å². The van der Waals surface area contributed by atoms with Crippen molar-refractivity contribution in [3.05, 3.63) is 190 Å². The highest BCUT2D eigenvalue weighted by Crippen LogP contribution is 2.45. The molecule has 6 N–H and O–H groups in total. The number of esters is 2. The Kier molecular flexibility index (Phi) is 26.7. The van der Waals surface area contributed by atoms with Crippen molar-refractivity contribution >= 4 is 54.5 Å². The van der Waals surface area contributed by atoms with E-state index in [2.05, 4.69) is 22.3 Å². The number of aliphatic hydroxyl groups is 1. The number of aldehydes is 2. The number of ether oxygens (including phenoxy) is 4. The predicted octanol–water partition coefficient (Wildman–Crippen LogP) is 8.67. The van der Waals surface area contributed by atoms with Gasteiger partial charge < -0.3 is 50.2 Å². The van der Waals surface area contributed by atoms with Crippen LogP contribution in [0.1, 0.15) is 75.5 Å². The molecule has 8 rings (SSSR count). The van der Waals surface area contributed by atoms with Crippen molar-refractivity contribution in [1.82, 2.24) is 16.0 Å². The third-order valence-electron chi connectivity index (χ3n) is 12.0. The summed E-state index contributed by atoms with van der Waals surface area (Å²) in [6.07, 6.45) is 7.16. The van der Waals surface area contributed by atoms with Gasteiger partial charge in [0.15, 0.2) is 0 Å². The number of benzene rings is 6. The normalized spacial score (nSPS) is 11.4. The third kappa shape index (κ3) is 19.4. The number of alkyl carbamates (subject to hydrolysis) is 2. The van der Waals surface area contributed by atoms with Crippen LogP contribution in [0, 0.1) is 12.8 Å². The quantitative estimate of drug-likeness (QED) is 0.0164. The van der Waals surface area contributed by atoms with Gasteiger partial charge in [0.05, 0.1) is 39.4 Å². The number of nitrogens with one attached hydrogen (secondary N) is 3. The number of terminal acetylenes is 1. The lowest BCUT2D eigenvalue weighted by molar-refractivity contribution is -0.168. The maximum absolute atomic E-state index is 13.4. The molecule has 0 heterocycles. The highest BCUT2D eigenvalue weighted by atomic mass is 19.3. The van der Waals surface area contributed by atoms with E-state index in [1.54, 1.807) is 5.32 Å². The van der Waals surface area contributed by atoms with E-state index in [1.165, 1.54) is 48.5 Å². The Morgan fingerprint density at radius 1 is 0.471 bits per heavy atom. The number of carbonyl (C=O) groups is 9. The smallest absolute Gasteiger partial charge is 0.407 e. The summed E-state index contributed by atoms with van der Waals surface area (Å²) in [5, 5.41) is 29.4. The lowest BCUT2D eigenvalue weighted by Gasteiger charge is -2.16. The second kappa shape index (κ2) is 32.9. The lowest BCUT2D eigenvalue weighted by atomic mass is 9.98. The Bertz CT molecular complexity index is 3210. The van der Waals surface area contributed by atoms with E-state index >= 15 is 0 Å². The summed E-state index contributed by atoms with van der Waals surface area (Å²) in [6.45, 7) is -3.69. The molecule has 0 aliphatic heterocycles. The number of aliphatic carboxylic acids is 1. The first kappa shape index (κ1) is 68.9. The predicted molar refractivity (Wildman–Crippen MR) is 294 cm³/mol. The van der Waals surface area contributed by atoms with Gasteiger partial charge >= 0.3 is 53.8 Å². The largest absolute Gasteiger partial charge is 0.478 e. The summed E-state index contributed by atoms with van der Waals surface area (Å²) in [5.41, 5.74) is 9.37. The highest BCUT2D eigenvalue weighted by Gasteiger charge is 2.42. The van der Waals surface area contributed by atoms with Crippen molar-refractivity contribution in [3.63, 3.8) is 0 Å². The Morgan fingerprint density at radius 2 is 0.765 bits per heavy atom. The number of carboxylic acids is 2. The number of hydrogen-bond acceptors (Lipinski definition) is 14. The lowest BCUT2D eigenvalue weighted by Crippen LogP contribution is -2.43. The summed E-state index contributed by atoms with van der Waals surface area (Å²) in [4.78, 5) is 97.7. The van der Waals surface area contributed by atoms with Crippen molar-refractivity contribution in [1.29, 1.82) is 0 Å². The average Bonchev–Trinajstić information content (AvgIpc) is 2.80. The molecule has 6 aromatic carbocycles. The maximum Gasteiger partial charge on any atom is 0.407 e. The van der Waals surface area contributed by atoms with Crippen LogP contribution >= 0.6 is 0 Å². The van der Waals surface area contributed by atoms with E-state index in [-0.39, 0.29) is 36.2 Å². The molecule has 0 spiro atoms. The standard InChI is InChI=1S/C19H17F2NO4.C18H15F2NO4.C12H11F2NO4.C8H6O3.C2H2.CH4O/c1-25-17(23)19(20,21)11-22-18(24)26-10-16-14-8-4-2-6-12(14)13-7-3-5-9-15(13)16;19-18(20,16(22)23)10-21-17(24)25-9-15-13-7-3-1-5-11(13)12-6-2-4-8-14(12)15;1-19-11(18)12(13,14)7-15-10(17)9-4-2-8(6-16)3-5-9;9-5-6-1-3-7(4-2-6)8(10)11;2*1-2/h2-9,16H,10-11H2,1H3,(H,22,24);1-8,15H,9-10H2,(H,21,24)(H,22,23);2-6H,7H2,1H3,(H,15,17);1-5H,(H,10,11);1-2H;2H,1H3. The molecule has 0 saturated carbocycles. The number of halogens is 6. The van der Waals surface area contributed by atoms with Gasteiger partial charge in [-0.3, -0.25) is 14.4 Å². The van der Waals surface area contributed by atoms with Gasteiger partial charge in [-0.05, 0) is 68.8 Å². The first-order valence-corrected chi connectivity index (χ1v) is 24.6. The molecule has 448 valence electrons. The van der Waals surface area contributed by atoms with E-state index in [0.29, 0.717) is 23.7 Å². The van der Waals surface area contributed by atoms with E-state index in [9.17, 15) is 69.5 Å². The molecule has 25 heteroatoms. The van der Waals surface area contributed by atoms with Crippen molar-refractivity contribution in [2.75, 3.05) is 54.2 Å². The van der Waals surface area contributed by atoms with Crippen molar-refractivity contribution in [2.45, 2.75) is 29.6 Å². The molecule has 0 saturated heterocycles. The molecule has 0 atom stereocenters. The fraction of sp³-hybridized carbons (Fsp3) is 0.217. The highest BCUT2D eigenvalue weighted by molar-refractivity contribution is 5.95. The zero-order valence-corrected chi connectivity index (χ0v) is 45.3. The number of aromatic carboxylic acids is 1. The monoisotopic (exact) mass is 1190 g/mol. The van der Waals surface area contributed by atoms with Crippen molar-refractivity contribution < 1.29 is 104 Å². The second-order valence-electron chi connectivity index (χ2n) is 17.2. The summed E-state index contributed by atoms with van der Waals surface area (Å²) < 4.78 is 96.9. The number of methoxy groups -OCH3 is 2. The number of hydrogen-bond donors (Lipinski definition) is 6. The number of rotatable bonds is 17. The SMILES string of the molecule is C#C.CO.COC(=O)C(F)(F)CNC(=O)OCC1c2ccccc2-c2ccccc21.COC(=O)C(F)(F)CNC(=O)c1ccc(C=O)cc1.O=C(NCC(F)(F)C(=O)O)OCC1c2ccccc2-c2ccccc21.O=Cc1ccc(C(=O)O)cc1. The number of fused-ring (bicyclic) bond motifs is 6. The number of aliphatic hydroxyl groups excluding tert-OH is 1. The van der Waals surface area contributed by atoms with Gasteiger partial charge in [-0.2, -0.15) is 26.3 Å². The van der Waals surface area contributed by atoms with Gasteiger partial charge in [-0.25, -0.2) is 28.8 Å². The van der Waals surface area contributed by atoms with Crippen molar-refractivity contribution in [3.8, 4) is 35.1 Å². The molecule has 2 aliphatic carbocycles. The van der Waals surface area contributed by atoms with E-state index < -0.39 is 79.4 Å². The van der Waals surface area contributed by atoms with Crippen LogP contribution in [0.5, 0.6) is 0 Å². The number of carboxylic acid groups (broad SMARTS) is 2. The van der Waals surface area contributed by atoms with Gasteiger partial charge in [-0.15, -0.1) is 12.8 Å². The number of alkyl halides is 6. The Morgan fingerprint density at radius 3 is 1.06 bits per heavy atom. The first-order chi connectivity index (χ1) is 40.5. The van der Waals surface area contributed by atoms with Crippen LogP contribution in [0.15, 0.2) is 146 Å². The summed E-state index contributed by atoms with van der Waals surface area (Å²) in [5.74, 6) is -19.5. The minimum absolute atomic E-state index is 0.00363. The van der Waals surface area contributed by atoms with Gasteiger partial charge in [0.2, 0.25) is 0 Å². The number of carbonyl (C=O) groups excluding carboxylic acids is 7. The summed E-state index contributed by atoms with van der Waals surface area (Å²) >= 11 is 0. The molecular formula is C60H55F6N3O16. The van der Waals surface area contributed by atoms with Crippen LogP contribution in [0.2, 0.25) is 0 Å². The molecule has 85 heavy (non-hydrogen) atoms. The second-order valence-corrected chi connectivity index (χ2v) is 17.2. The Hall–Kier alpha value is -10.4. The van der Waals surface area contributed by atoms with Crippen LogP contribution in [0.4, 0.5) is 35.9 Å². The van der Waals surface area contributed by atoms with E-state index in [4.69, 9.17) is 24.8 Å². The van der Waals surface area contributed by atoms with Crippen LogP contribution in [0.25, 0.3) is 22.3 Å². The number of amides is 3. The topological polar surface area (TPSA) is 287 Å². The molecule has 0 fully saturated rings. The summed E-state index contributed by atoms with van der Waals surface area (Å²) in [6, 6.07) is 42.1. The van der Waals surface area contributed by atoms with Gasteiger partial charge in [0, 0.05) is 35.6 Å². The van der Waals surface area contributed by atoms with Crippen molar-refractivity contribution in [2.24, 2.45) is 0 Å². The van der Waals surface area contributed by atoms with Gasteiger partial charge in [-0.1, -0.05) is 121 Å². The van der Waals surface area contributed by atoms with E-state index in [0.717, 1.165) is 65.8 Å². The molecule has 6 aromatic rings. The summed E-state index contributed by atoms with van der Waals surface area (Å²) in [7, 11) is 2.68. The van der Waals surface area contributed by atoms with E-state index in [1.807, 2.05) is 108 Å². The molecule has 19 nitrogen and oxygen atoms in total. The zero-order valence-electron chi connectivity index (χ0n) is 45.3. The maximum atomic E-state index is 13.4. The van der Waals surface area contributed by atoms with Gasteiger partial charge in [0.25, 0.3) is 5.91 Å². The third-order valence-corrected chi connectivity index (χ3v) is 12.0. The molecule has 0 unspecified atom stereocenters. The minimum atomic E-state index is -4.04. The average molecular weight is 1190 g/mol. The molecule has 0 radical (unpaired) electrons. The minimum Gasteiger partial charge on any atom is -0.478 e.